The largest absolute Gasteiger partial charge is 0.494 e. The Morgan fingerprint density at radius 3 is 2.38 bits per heavy atom. The molecule has 1 aromatic rings. The van der Waals surface area contributed by atoms with Gasteiger partial charge in [-0.25, -0.2) is 0 Å². The van der Waals surface area contributed by atoms with Crippen molar-refractivity contribution >= 4 is 12.4 Å². The zero-order valence-corrected chi connectivity index (χ0v) is 9.44. The average molecular weight is 256 g/mol. The molecule has 0 aromatic heterocycles. The zero-order valence-electron chi connectivity index (χ0n) is 8.62. The predicted octanol–water partition coefficient (Wildman–Crippen LogP) is 3.07. The van der Waals surface area contributed by atoms with Crippen molar-refractivity contribution in [3.63, 3.8) is 0 Å². The first-order valence-corrected chi connectivity index (χ1v) is 4.50. The fraction of sp³-hybridized carbons (Fsp3) is 0.400. The number of benzene rings is 1. The molecule has 1 rings (SSSR count). The van der Waals surface area contributed by atoms with E-state index in [4.69, 9.17) is 10.5 Å². The first-order chi connectivity index (χ1) is 6.96. The molecule has 0 aliphatic heterocycles. The van der Waals surface area contributed by atoms with Crippen LogP contribution in [-0.4, -0.2) is 12.8 Å². The Labute approximate surface area is 98.0 Å². The molecule has 92 valence electrons. The van der Waals surface area contributed by atoms with E-state index in [1.807, 2.05) is 0 Å². The smallest absolute Gasteiger partial charge is 0.407 e. The number of hydrogen-bond acceptors (Lipinski definition) is 2. The first kappa shape index (κ1) is 15.1. The molecule has 0 heterocycles. The van der Waals surface area contributed by atoms with Crippen molar-refractivity contribution in [3.05, 3.63) is 29.8 Å². The Balaban J connectivity index is 0.00000225. The topological polar surface area (TPSA) is 35.2 Å². The summed E-state index contributed by atoms with van der Waals surface area (Å²) in [6.07, 6.45) is -4.45. The van der Waals surface area contributed by atoms with Gasteiger partial charge in [0.2, 0.25) is 0 Å². The highest BCUT2D eigenvalue weighted by Gasteiger charge is 2.39. The normalized spacial score (nSPS) is 12.8. The Morgan fingerprint density at radius 1 is 1.31 bits per heavy atom. The molecule has 0 radical (unpaired) electrons. The third kappa shape index (κ3) is 3.57. The van der Waals surface area contributed by atoms with Gasteiger partial charge in [-0.1, -0.05) is 18.2 Å². The van der Waals surface area contributed by atoms with Gasteiger partial charge < -0.3 is 10.5 Å². The number of hydrogen-bond donors (Lipinski definition) is 1. The lowest BCUT2D eigenvalue weighted by atomic mass is 10.1. The minimum atomic E-state index is -4.45. The average Bonchev–Trinajstić information content (AvgIpc) is 2.17. The lowest BCUT2D eigenvalue weighted by Crippen LogP contribution is -2.28. The van der Waals surface area contributed by atoms with E-state index < -0.39 is 12.2 Å². The van der Waals surface area contributed by atoms with Crippen LogP contribution in [0.4, 0.5) is 13.2 Å². The highest BCUT2D eigenvalue weighted by Crippen LogP contribution is 2.35. The van der Waals surface area contributed by atoms with E-state index in [0.717, 1.165) is 0 Å². The molecule has 0 bridgehead atoms. The molecule has 2 N–H and O–H groups in total. The molecular weight excluding hydrogens is 243 g/mol. The molecule has 0 saturated heterocycles. The van der Waals surface area contributed by atoms with Crippen molar-refractivity contribution in [3.8, 4) is 5.75 Å². The molecule has 0 saturated carbocycles. The van der Waals surface area contributed by atoms with Crippen LogP contribution in [0.2, 0.25) is 0 Å². The molecule has 0 spiro atoms. The first-order valence-electron chi connectivity index (χ1n) is 4.50. The molecule has 0 fully saturated rings. The van der Waals surface area contributed by atoms with Gasteiger partial charge in [-0.05, 0) is 13.0 Å². The lowest BCUT2D eigenvalue weighted by Gasteiger charge is -2.18. The summed E-state index contributed by atoms with van der Waals surface area (Å²) in [5.41, 5.74) is 5.06. The Morgan fingerprint density at radius 2 is 1.88 bits per heavy atom. The Kier molecular flexibility index (Phi) is 5.61. The van der Waals surface area contributed by atoms with Crippen LogP contribution in [0.25, 0.3) is 0 Å². The monoisotopic (exact) mass is 255 g/mol. The molecule has 0 unspecified atom stereocenters. The van der Waals surface area contributed by atoms with Crippen LogP contribution in [0, 0.1) is 0 Å². The van der Waals surface area contributed by atoms with E-state index in [-0.39, 0.29) is 23.7 Å². The predicted molar refractivity (Wildman–Crippen MR) is 57.8 cm³/mol. The number of nitrogens with two attached hydrogens (primary N) is 1. The van der Waals surface area contributed by atoms with E-state index in [2.05, 4.69) is 0 Å². The Hall–Kier alpha value is -0.940. The van der Waals surface area contributed by atoms with Crippen LogP contribution in [0.1, 0.15) is 18.5 Å². The third-order valence-corrected chi connectivity index (χ3v) is 1.91. The second-order valence-electron chi connectivity index (χ2n) is 2.99. The third-order valence-electron chi connectivity index (χ3n) is 1.91. The van der Waals surface area contributed by atoms with Crippen molar-refractivity contribution in [1.82, 2.24) is 0 Å². The van der Waals surface area contributed by atoms with Gasteiger partial charge in [-0.15, -0.1) is 12.4 Å². The number of para-hydroxylation sites is 1. The standard InChI is InChI=1S/C10H12F3NO.ClH/c1-2-15-8-6-4-3-5-7(8)9(14)10(11,12)13;/h3-6,9H,2,14H2,1H3;1H/t9-;/m1./s1. The van der Waals surface area contributed by atoms with Crippen LogP contribution in [0.5, 0.6) is 5.75 Å². The summed E-state index contributed by atoms with van der Waals surface area (Å²) >= 11 is 0. The molecule has 16 heavy (non-hydrogen) atoms. The van der Waals surface area contributed by atoms with Crippen molar-refractivity contribution in [2.75, 3.05) is 6.61 Å². The number of halogens is 4. The second kappa shape index (κ2) is 5.96. The van der Waals surface area contributed by atoms with Gasteiger partial charge in [0.25, 0.3) is 0 Å². The molecule has 1 aromatic carbocycles. The summed E-state index contributed by atoms with van der Waals surface area (Å²) in [6.45, 7) is 2.01. The quantitative estimate of drug-likeness (QED) is 0.901. The fourth-order valence-corrected chi connectivity index (χ4v) is 1.20. The molecule has 0 amide bonds. The van der Waals surface area contributed by atoms with Crippen LogP contribution in [0.15, 0.2) is 24.3 Å². The maximum absolute atomic E-state index is 12.4. The summed E-state index contributed by atoms with van der Waals surface area (Å²) in [7, 11) is 0. The molecule has 2 nitrogen and oxygen atoms in total. The maximum atomic E-state index is 12.4. The van der Waals surface area contributed by atoms with Crippen molar-refractivity contribution < 1.29 is 17.9 Å². The van der Waals surface area contributed by atoms with Gasteiger partial charge in [0.15, 0.2) is 0 Å². The summed E-state index contributed by atoms with van der Waals surface area (Å²) < 4.78 is 42.2. The minimum Gasteiger partial charge on any atom is -0.494 e. The molecule has 0 aliphatic carbocycles. The Bertz CT molecular complexity index is 330. The SMILES string of the molecule is CCOc1ccccc1[C@@H](N)C(F)(F)F.Cl. The summed E-state index contributed by atoms with van der Waals surface area (Å²) in [5, 5.41) is 0. The number of rotatable bonds is 3. The van der Waals surface area contributed by atoms with Crippen LogP contribution >= 0.6 is 12.4 Å². The fourth-order valence-electron chi connectivity index (χ4n) is 1.20. The number of alkyl halides is 3. The lowest BCUT2D eigenvalue weighted by molar-refractivity contribution is -0.149. The van der Waals surface area contributed by atoms with Crippen LogP contribution in [-0.2, 0) is 0 Å². The van der Waals surface area contributed by atoms with Crippen LogP contribution in [0.3, 0.4) is 0 Å². The summed E-state index contributed by atoms with van der Waals surface area (Å²) in [4.78, 5) is 0. The van der Waals surface area contributed by atoms with E-state index in [9.17, 15) is 13.2 Å². The minimum absolute atomic E-state index is 0. The molecular formula is C10H13ClF3NO. The highest BCUT2D eigenvalue weighted by molar-refractivity contribution is 5.85. The van der Waals surface area contributed by atoms with Gasteiger partial charge in [-0.2, -0.15) is 13.2 Å². The van der Waals surface area contributed by atoms with Crippen molar-refractivity contribution in [2.45, 2.75) is 19.1 Å². The molecule has 6 heteroatoms. The number of ether oxygens (including phenoxy) is 1. The zero-order chi connectivity index (χ0) is 11.5. The highest BCUT2D eigenvalue weighted by atomic mass is 35.5. The van der Waals surface area contributed by atoms with Crippen molar-refractivity contribution in [2.24, 2.45) is 5.73 Å². The van der Waals surface area contributed by atoms with E-state index in [0.29, 0.717) is 6.61 Å². The van der Waals surface area contributed by atoms with Gasteiger partial charge in [-0.3, -0.25) is 0 Å². The maximum Gasteiger partial charge on any atom is 0.407 e. The van der Waals surface area contributed by atoms with E-state index in [1.165, 1.54) is 18.2 Å². The van der Waals surface area contributed by atoms with E-state index >= 15 is 0 Å². The van der Waals surface area contributed by atoms with Crippen molar-refractivity contribution in [1.29, 1.82) is 0 Å². The van der Waals surface area contributed by atoms with Crippen LogP contribution < -0.4 is 10.5 Å². The molecule has 0 aliphatic rings. The van der Waals surface area contributed by atoms with E-state index in [1.54, 1.807) is 13.0 Å². The van der Waals surface area contributed by atoms with Gasteiger partial charge in [0.1, 0.15) is 11.8 Å². The van der Waals surface area contributed by atoms with Gasteiger partial charge in [0.05, 0.1) is 6.61 Å². The molecule has 1 atom stereocenters. The van der Waals surface area contributed by atoms with Gasteiger partial charge in [0, 0.05) is 5.56 Å². The second-order valence-corrected chi connectivity index (χ2v) is 2.99. The summed E-state index contributed by atoms with van der Waals surface area (Å²) in [6, 6.07) is 3.91. The van der Waals surface area contributed by atoms with Gasteiger partial charge >= 0.3 is 6.18 Å². The summed E-state index contributed by atoms with van der Waals surface area (Å²) in [5.74, 6) is 0.185.